The van der Waals surface area contributed by atoms with Crippen LogP contribution in [0.3, 0.4) is 0 Å². The normalized spacial score (nSPS) is 10.6. The van der Waals surface area contributed by atoms with E-state index in [1.165, 1.54) is 10.9 Å². The van der Waals surface area contributed by atoms with E-state index in [-0.39, 0.29) is 0 Å². The molecular weight excluding hydrogens is 151 g/mol. The van der Waals surface area contributed by atoms with Crippen LogP contribution in [-0.4, -0.2) is 6.16 Å². The maximum absolute atomic E-state index is 3.88. The van der Waals surface area contributed by atoms with Crippen molar-refractivity contribution in [1.29, 1.82) is 0 Å². The highest BCUT2D eigenvalue weighted by atomic mass is 31.1. The molecule has 11 heavy (non-hydrogen) atoms. The van der Waals surface area contributed by atoms with Gasteiger partial charge in [0.1, 0.15) is 0 Å². The summed E-state index contributed by atoms with van der Waals surface area (Å²) in [4.78, 5) is 0. The van der Waals surface area contributed by atoms with Crippen molar-refractivity contribution in [2.24, 2.45) is 0 Å². The van der Waals surface area contributed by atoms with Gasteiger partial charge in [-0.2, -0.15) is 0 Å². The largest absolute Gasteiger partial charge is 0.0998 e. The lowest BCUT2D eigenvalue weighted by molar-refractivity contribution is 1.44. The topological polar surface area (TPSA) is 0 Å². The highest BCUT2D eigenvalue weighted by molar-refractivity contribution is 7.47. The molecule has 0 saturated carbocycles. The van der Waals surface area contributed by atoms with Crippen LogP contribution >= 0.6 is 8.58 Å². The number of allylic oxidation sites excluding steroid dienone is 1. The van der Waals surface area contributed by atoms with E-state index in [1.807, 2.05) is 0 Å². The van der Waals surface area contributed by atoms with Crippen molar-refractivity contribution >= 4 is 13.9 Å². The highest BCUT2D eigenvalue weighted by Crippen LogP contribution is 2.12. The summed E-state index contributed by atoms with van der Waals surface area (Å²) >= 11 is 0. The average molecular weight is 164 g/mol. The van der Waals surface area contributed by atoms with Gasteiger partial charge in [-0.05, 0) is 18.4 Å². The first-order chi connectivity index (χ1) is 5.29. The summed E-state index contributed by atoms with van der Waals surface area (Å²) in [6.07, 6.45) is 1.13. The standard InChI is InChI=1S/C10H13P/c1-9(2)8-11-10-6-4-3-5-7-10/h3-7,11H,1,8H2,2H3. The first-order valence-electron chi connectivity index (χ1n) is 3.72. The van der Waals surface area contributed by atoms with Crippen LogP contribution in [0.2, 0.25) is 0 Å². The third-order valence-corrected chi connectivity index (χ3v) is 2.89. The van der Waals surface area contributed by atoms with Crippen LogP contribution in [0.1, 0.15) is 6.92 Å². The van der Waals surface area contributed by atoms with Crippen LogP contribution in [0, 0.1) is 0 Å². The zero-order valence-electron chi connectivity index (χ0n) is 6.80. The molecule has 1 aromatic rings. The van der Waals surface area contributed by atoms with Crippen LogP contribution in [0.25, 0.3) is 0 Å². The molecule has 0 aliphatic heterocycles. The minimum atomic E-state index is 0.885. The van der Waals surface area contributed by atoms with Crippen molar-refractivity contribution in [3.63, 3.8) is 0 Å². The second-order valence-electron chi connectivity index (χ2n) is 2.68. The number of benzene rings is 1. The molecule has 1 heteroatoms. The molecule has 1 atom stereocenters. The molecule has 0 N–H and O–H groups in total. The smallest absolute Gasteiger partial charge is 0.0107 e. The summed E-state index contributed by atoms with van der Waals surface area (Å²) in [6, 6.07) is 10.6. The molecular formula is C10H13P. The van der Waals surface area contributed by atoms with Gasteiger partial charge in [0.05, 0.1) is 0 Å². The summed E-state index contributed by atoms with van der Waals surface area (Å²) in [5, 5.41) is 1.43. The van der Waals surface area contributed by atoms with Gasteiger partial charge in [0.2, 0.25) is 0 Å². The number of hydrogen-bond donors (Lipinski definition) is 0. The molecule has 0 aliphatic carbocycles. The third kappa shape index (κ3) is 3.34. The Morgan fingerprint density at radius 1 is 1.36 bits per heavy atom. The van der Waals surface area contributed by atoms with E-state index in [0.717, 1.165) is 14.7 Å². The zero-order chi connectivity index (χ0) is 8.10. The Morgan fingerprint density at radius 3 is 2.55 bits per heavy atom. The maximum atomic E-state index is 3.88. The lowest BCUT2D eigenvalue weighted by Gasteiger charge is -1.99. The van der Waals surface area contributed by atoms with E-state index < -0.39 is 0 Å². The molecule has 0 amide bonds. The van der Waals surface area contributed by atoms with Gasteiger partial charge in [0, 0.05) is 0 Å². The molecule has 0 saturated heterocycles. The lowest BCUT2D eigenvalue weighted by atomic mass is 10.4. The highest BCUT2D eigenvalue weighted by Gasteiger charge is 1.89. The van der Waals surface area contributed by atoms with Gasteiger partial charge in [-0.3, -0.25) is 0 Å². The second kappa shape index (κ2) is 4.31. The van der Waals surface area contributed by atoms with Gasteiger partial charge < -0.3 is 0 Å². The third-order valence-electron chi connectivity index (χ3n) is 1.37. The van der Waals surface area contributed by atoms with E-state index in [2.05, 4.69) is 43.8 Å². The summed E-state index contributed by atoms with van der Waals surface area (Å²) in [6.45, 7) is 5.96. The van der Waals surface area contributed by atoms with Gasteiger partial charge >= 0.3 is 0 Å². The van der Waals surface area contributed by atoms with E-state index in [9.17, 15) is 0 Å². The molecule has 58 valence electrons. The van der Waals surface area contributed by atoms with E-state index in [1.54, 1.807) is 0 Å². The predicted octanol–water partition coefficient (Wildman–Crippen LogP) is 2.57. The Kier molecular flexibility index (Phi) is 3.32. The second-order valence-corrected chi connectivity index (χ2v) is 3.96. The molecule has 1 aromatic carbocycles. The fourth-order valence-electron chi connectivity index (χ4n) is 0.809. The molecule has 0 aliphatic rings. The van der Waals surface area contributed by atoms with E-state index in [4.69, 9.17) is 0 Å². The van der Waals surface area contributed by atoms with Crippen LogP contribution < -0.4 is 5.30 Å². The van der Waals surface area contributed by atoms with Crippen LogP contribution in [-0.2, 0) is 0 Å². The number of rotatable bonds is 3. The van der Waals surface area contributed by atoms with Crippen molar-refractivity contribution < 1.29 is 0 Å². The SMILES string of the molecule is C=C(C)CPc1ccccc1. The fraction of sp³-hybridized carbons (Fsp3) is 0.200. The molecule has 0 bridgehead atoms. The van der Waals surface area contributed by atoms with Crippen LogP contribution in [0.5, 0.6) is 0 Å². The molecule has 0 spiro atoms. The molecule has 1 rings (SSSR count). The van der Waals surface area contributed by atoms with Crippen molar-refractivity contribution in [3.8, 4) is 0 Å². The van der Waals surface area contributed by atoms with Crippen LogP contribution in [0.4, 0.5) is 0 Å². The van der Waals surface area contributed by atoms with Crippen molar-refractivity contribution in [2.45, 2.75) is 6.92 Å². The Bertz CT molecular complexity index is 226. The number of hydrogen-bond acceptors (Lipinski definition) is 0. The summed E-state index contributed by atoms with van der Waals surface area (Å²) in [7, 11) is 0.885. The Morgan fingerprint density at radius 2 is 2.00 bits per heavy atom. The van der Waals surface area contributed by atoms with Crippen molar-refractivity contribution in [2.75, 3.05) is 6.16 Å². The summed E-state index contributed by atoms with van der Waals surface area (Å²) < 4.78 is 0. The predicted molar refractivity (Wildman–Crippen MR) is 54.1 cm³/mol. The first-order valence-corrected chi connectivity index (χ1v) is 4.93. The Balaban J connectivity index is 2.45. The summed E-state index contributed by atoms with van der Waals surface area (Å²) in [5.74, 6) is 0. The zero-order valence-corrected chi connectivity index (χ0v) is 7.80. The van der Waals surface area contributed by atoms with Gasteiger partial charge in [-0.15, -0.1) is 0 Å². The fourth-order valence-corrected chi connectivity index (χ4v) is 1.74. The lowest BCUT2D eigenvalue weighted by Crippen LogP contribution is -1.93. The molecule has 0 fully saturated rings. The van der Waals surface area contributed by atoms with E-state index in [0.29, 0.717) is 0 Å². The minimum Gasteiger partial charge on any atom is -0.0998 e. The minimum absolute atomic E-state index is 0.885. The van der Waals surface area contributed by atoms with E-state index >= 15 is 0 Å². The van der Waals surface area contributed by atoms with Gasteiger partial charge in [0.15, 0.2) is 0 Å². The molecule has 1 unspecified atom stereocenters. The van der Waals surface area contributed by atoms with Gasteiger partial charge in [-0.25, -0.2) is 0 Å². The van der Waals surface area contributed by atoms with Crippen LogP contribution in [0.15, 0.2) is 42.5 Å². The summed E-state index contributed by atoms with van der Waals surface area (Å²) in [5.41, 5.74) is 1.27. The molecule has 0 nitrogen and oxygen atoms in total. The van der Waals surface area contributed by atoms with Crippen molar-refractivity contribution in [3.05, 3.63) is 42.5 Å². The average Bonchev–Trinajstić information content (AvgIpc) is 2.03. The van der Waals surface area contributed by atoms with Crippen molar-refractivity contribution in [1.82, 2.24) is 0 Å². The quantitative estimate of drug-likeness (QED) is 0.475. The van der Waals surface area contributed by atoms with Gasteiger partial charge in [-0.1, -0.05) is 51.1 Å². The maximum Gasteiger partial charge on any atom is -0.0107 e. The molecule has 0 radical (unpaired) electrons. The molecule has 0 aromatic heterocycles. The Labute approximate surface area is 70.1 Å². The molecule has 0 heterocycles. The first kappa shape index (κ1) is 8.49. The van der Waals surface area contributed by atoms with Gasteiger partial charge in [0.25, 0.3) is 0 Å². The Hall–Kier alpha value is -0.610. The monoisotopic (exact) mass is 164 g/mol.